The third kappa shape index (κ3) is 4.70. The first-order valence-corrected chi connectivity index (χ1v) is 7.30. The summed E-state index contributed by atoms with van der Waals surface area (Å²) in [5.74, 6) is 0.266. The average molecular weight is 320 g/mol. The fraction of sp³-hybridized carbons (Fsp3) is 0.438. The van der Waals surface area contributed by atoms with E-state index in [4.69, 9.17) is 13.9 Å². The molecular formula is C16H20N2O5. The van der Waals surface area contributed by atoms with Crippen molar-refractivity contribution in [3.8, 4) is 11.7 Å². The Hall–Kier alpha value is -2.57. The number of carbonyl (C=O) groups is 2. The van der Waals surface area contributed by atoms with E-state index in [1.807, 2.05) is 0 Å². The van der Waals surface area contributed by atoms with E-state index in [9.17, 15) is 9.59 Å². The lowest BCUT2D eigenvalue weighted by atomic mass is 9.98. The minimum atomic E-state index is -0.886. The van der Waals surface area contributed by atoms with Crippen molar-refractivity contribution >= 4 is 11.9 Å². The molecule has 0 aliphatic rings. The highest BCUT2D eigenvalue weighted by Crippen LogP contribution is 2.22. The predicted molar refractivity (Wildman–Crippen MR) is 81.7 cm³/mol. The third-order valence-electron chi connectivity index (χ3n) is 3.39. The normalized spacial score (nSPS) is 11.4. The number of oxazole rings is 1. The van der Waals surface area contributed by atoms with Crippen LogP contribution in [-0.4, -0.2) is 27.5 Å². The van der Waals surface area contributed by atoms with Crippen LogP contribution in [0.25, 0.3) is 11.7 Å². The number of nitrogens with zero attached hydrogens (tertiary/aromatic N) is 1. The molecule has 124 valence electrons. The molecule has 7 nitrogen and oxygen atoms in total. The number of hydrogen-bond acceptors (Lipinski definition) is 5. The van der Waals surface area contributed by atoms with E-state index < -0.39 is 11.5 Å². The number of carboxylic acid groups (broad SMARTS) is 1. The topological polar surface area (TPSA) is 106 Å². The standard InChI is InChI=1S/C16H20N2O5/c1-10-11(17-15(23-10)12-5-4-8-22-12)9-13(19)18-16(2,3)7-6-14(20)21/h4-5,8H,6-7,9H2,1-3H3,(H,18,19)(H,20,21). The summed E-state index contributed by atoms with van der Waals surface area (Å²) in [6.07, 6.45) is 1.93. The highest BCUT2D eigenvalue weighted by Gasteiger charge is 2.23. The Bertz CT molecular complexity index is 685. The van der Waals surface area contributed by atoms with Crippen LogP contribution in [0.4, 0.5) is 0 Å². The number of aliphatic carboxylic acids is 1. The fourth-order valence-corrected chi connectivity index (χ4v) is 2.15. The molecule has 0 saturated heterocycles. The van der Waals surface area contributed by atoms with Gasteiger partial charge >= 0.3 is 5.97 Å². The summed E-state index contributed by atoms with van der Waals surface area (Å²) >= 11 is 0. The van der Waals surface area contributed by atoms with Crippen LogP contribution in [0.2, 0.25) is 0 Å². The van der Waals surface area contributed by atoms with Crippen molar-refractivity contribution in [2.45, 2.75) is 45.6 Å². The molecular weight excluding hydrogens is 300 g/mol. The molecule has 2 aromatic heterocycles. The first kappa shape index (κ1) is 16.8. The van der Waals surface area contributed by atoms with E-state index in [2.05, 4.69) is 10.3 Å². The summed E-state index contributed by atoms with van der Waals surface area (Å²) in [7, 11) is 0. The molecule has 2 rings (SSSR count). The number of hydrogen-bond donors (Lipinski definition) is 2. The number of furan rings is 1. The average Bonchev–Trinajstić information content (AvgIpc) is 3.06. The lowest BCUT2D eigenvalue weighted by Gasteiger charge is -2.25. The summed E-state index contributed by atoms with van der Waals surface area (Å²) in [4.78, 5) is 27.1. The molecule has 0 bridgehead atoms. The molecule has 0 unspecified atom stereocenters. The Kier molecular flexibility index (Phi) is 4.88. The molecule has 0 aromatic carbocycles. The second kappa shape index (κ2) is 6.68. The number of amides is 1. The van der Waals surface area contributed by atoms with Crippen molar-refractivity contribution in [1.82, 2.24) is 10.3 Å². The summed E-state index contributed by atoms with van der Waals surface area (Å²) < 4.78 is 10.7. The maximum Gasteiger partial charge on any atom is 0.303 e. The number of aromatic nitrogens is 1. The van der Waals surface area contributed by atoms with E-state index in [-0.39, 0.29) is 18.7 Å². The van der Waals surface area contributed by atoms with E-state index in [0.29, 0.717) is 29.5 Å². The van der Waals surface area contributed by atoms with Crippen LogP contribution in [0.3, 0.4) is 0 Å². The molecule has 2 aromatic rings. The van der Waals surface area contributed by atoms with Crippen LogP contribution >= 0.6 is 0 Å². The molecule has 2 heterocycles. The summed E-state index contributed by atoms with van der Waals surface area (Å²) in [5.41, 5.74) is -0.0697. The summed E-state index contributed by atoms with van der Waals surface area (Å²) in [6, 6.07) is 3.45. The zero-order valence-electron chi connectivity index (χ0n) is 13.4. The molecule has 1 amide bonds. The Labute approximate surface area is 133 Å². The maximum absolute atomic E-state index is 12.2. The smallest absolute Gasteiger partial charge is 0.303 e. The molecule has 0 saturated carbocycles. The van der Waals surface area contributed by atoms with Gasteiger partial charge in [-0.05, 0) is 39.3 Å². The number of carbonyl (C=O) groups excluding carboxylic acids is 1. The van der Waals surface area contributed by atoms with Gasteiger partial charge in [0.15, 0.2) is 5.76 Å². The first-order valence-electron chi connectivity index (χ1n) is 7.30. The lowest BCUT2D eigenvalue weighted by molar-refractivity contribution is -0.137. The monoisotopic (exact) mass is 320 g/mol. The highest BCUT2D eigenvalue weighted by atomic mass is 16.4. The van der Waals surface area contributed by atoms with Crippen molar-refractivity contribution in [2.75, 3.05) is 0 Å². The van der Waals surface area contributed by atoms with Crippen LogP contribution in [0.1, 0.15) is 38.1 Å². The van der Waals surface area contributed by atoms with Crippen LogP contribution in [0.5, 0.6) is 0 Å². The molecule has 7 heteroatoms. The molecule has 0 fully saturated rings. The molecule has 0 aliphatic carbocycles. The molecule has 0 aliphatic heterocycles. The van der Waals surface area contributed by atoms with Gasteiger partial charge in [-0.15, -0.1) is 0 Å². The van der Waals surface area contributed by atoms with Gasteiger partial charge in [0, 0.05) is 12.0 Å². The second-order valence-corrected chi connectivity index (χ2v) is 6.00. The summed E-state index contributed by atoms with van der Waals surface area (Å²) in [5, 5.41) is 11.6. The van der Waals surface area contributed by atoms with Gasteiger partial charge in [0.1, 0.15) is 5.76 Å². The number of nitrogens with one attached hydrogen (secondary N) is 1. The molecule has 0 radical (unpaired) electrons. The van der Waals surface area contributed by atoms with Gasteiger partial charge in [0.25, 0.3) is 5.89 Å². The van der Waals surface area contributed by atoms with Gasteiger partial charge in [-0.1, -0.05) is 0 Å². The Morgan fingerprint density at radius 2 is 2.13 bits per heavy atom. The number of rotatable bonds is 7. The van der Waals surface area contributed by atoms with Crippen LogP contribution in [0, 0.1) is 6.92 Å². The number of aryl methyl sites for hydroxylation is 1. The van der Waals surface area contributed by atoms with E-state index in [1.54, 1.807) is 32.9 Å². The van der Waals surface area contributed by atoms with Gasteiger partial charge in [-0.3, -0.25) is 9.59 Å². The van der Waals surface area contributed by atoms with Gasteiger partial charge in [-0.2, -0.15) is 0 Å². The predicted octanol–water partition coefficient (Wildman–Crippen LogP) is 2.55. The quantitative estimate of drug-likeness (QED) is 0.812. The van der Waals surface area contributed by atoms with Gasteiger partial charge in [0.05, 0.1) is 18.4 Å². The van der Waals surface area contributed by atoms with Crippen LogP contribution in [-0.2, 0) is 16.0 Å². The largest absolute Gasteiger partial charge is 0.481 e. The van der Waals surface area contributed by atoms with Gasteiger partial charge < -0.3 is 19.3 Å². The summed E-state index contributed by atoms with van der Waals surface area (Å²) in [6.45, 7) is 5.31. The maximum atomic E-state index is 12.2. The van der Waals surface area contributed by atoms with Gasteiger partial charge in [-0.25, -0.2) is 4.98 Å². The van der Waals surface area contributed by atoms with Crippen molar-refractivity contribution in [3.05, 3.63) is 29.9 Å². The first-order chi connectivity index (χ1) is 10.8. The molecule has 0 spiro atoms. The number of carboxylic acids is 1. The van der Waals surface area contributed by atoms with Crippen molar-refractivity contribution in [2.24, 2.45) is 0 Å². The Balaban J connectivity index is 1.99. The zero-order chi connectivity index (χ0) is 17.0. The van der Waals surface area contributed by atoms with E-state index in [1.165, 1.54) is 6.26 Å². The van der Waals surface area contributed by atoms with Gasteiger partial charge in [0.2, 0.25) is 5.91 Å². The van der Waals surface area contributed by atoms with E-state index in [0.717, 1.165) is 0 Å². The Morgan fingerprint density at radius 3 is 2.74 bits per heavy atom. The minimum absolute atomic E-state index is 0.00108. The van der Waals surface area contributed by atoms with Crippen molar-refractivity contribution in [1.29, 1.82) is 0 Å². The van der Waals surface area contributed by atoms with Crippen molar-refractivity contribution in [3.63, 3.8) is 0 Å². The van der Waals surface area contributed by atoms with E-state index >= 15 is 0 Å². The van der Waals surface area contributed by atoms with Crippen LogP contribution < -0.4 is 5.32 Å². The van der Waals surface area contributed by atoms with Crippen LogP contribution in [0.15, 0.2) is 27.2 Å². The Morgan fingerprint density at radius 1 is 1.39 bits per heavy atom. The third-order valence-corrected chi connectivity index (χ3v) is 3.39. The minimum Gasteiger partial charge on any atom is -0.481 e. The molecule has 2 N–H and O–H groups in total. The molecule has 0 atom stereocenters. The fourth-order valence-electron chi connectivity index (χ4n) is 2.15. The highest BCUT2D eigenvalue weighted by molar-refractivity contribution is 5.79. The second-order valence-electron chi connectivity index (χ2n) is 6.00. The zero-order valence-corrected chi connectivity index (χ0v) is 13.4. The van der Waals surface area contributed by atoms with Crippen molar-refractivity contribution < 1.29 is 23.5 Å². The SMILES string of the molecule is Cc1oc(-c2ccco2)nc1CC(=O)NC(C)(C)CCC(=O)O. The molecule has 23 heavy (non-hydrogen) atoms. The lowest BCUT2D eigenvalue weighted by Crippen LogP contribution is -2.44.